The van der Waals surface area contributed by atoms with E-state index in [2.05, 4.69) is 5.32 Å². The van der Waals surface area contributed by atoms with E-state index in [9.17, 15) is 18.0 Å². The van der Waals surface area contributed by atoms with Gasteiger partial charge in [0, 0.05) is 18.7 Å². The molecule has 0 saturated heterocycles. The number of hydrogen-bond donors (Lipinski definition) is 1. The molecule has 1 aliphatic heterocycles. The van der Waals surface area contributed by atoms with Crippen molar-refractivity contribution >= 4 is 27.5 Å². The molecular formula is C26H35N3O6S. The Morgan fingerprint density at radius 3 is 2.28 bits per heavy atom. The molecule has 0 spiro atoms. The van der Waals surface area contributed by atoms with Crippen LogP contribution in [0.4, 0.5) is 5.69 Å². The molecule has 1 aliphatic rings. The second kappa shape index (κ2) is 12.1. The highest BCUT2D eigenvalue weighted by molar-refractivity contribution is 7.92. The van der Waals surface area contributed by atoms with Gasteiger partial charge in [-0.3, -0.25) is 13.9 Å². The summed E-state index contributed by atoms with van der Waals surface area (Å²) in [6.07, 6.45) is 2.18. The maximum absolute atomic E-state index is 13.7. The maximum atomic E-state index is 13.7. The van der Waals surface area contributed by atoms with E-state index in [0.29, 0.717) is 31.1 Å². The molecule has 9 nitrogen and oxygen atoms in total. The van der Waals surface area contributed by atoms with Crippen LogP contribution < -0.4 is 19.1 Å². The number of fused-ring (bicyclic) bond motifs is 1. The first-order chi connectivity index (χ1) is 17.1. The highest BCUT2D eigenvalue weighted by atomic mass is 32.2. The molecular weight excluding hydrogens is 482 g/mol. The Bertz CT molecular complexity index is 1160. The van der Waals surface area contributed by atoms with Crippen LogP contribution in [0.1, 0.15) is 39.2 Å². The Labute approximate surface area is 213 Å². The monoisotopic (exact) mass is 517 g/mol. The molecule has 36 heavy (non-hydrogen) atoms. The molecule has 0 fully saturated rings. The minimum atomic E-state index is -3.83. The molecule has 0 radical (unpaired) electrons. The fourth-order valence-electron chi connectivity index (χ4n) is 3.94. The lowest BCUT2D eigenvalue weighted by molar-refractivity contribution is -0.140. The summed E-state index contributed by atoms with van der Waals surface area (Å²) in [4.78, 5) is 28.3. The fraction of sp³-hybridized carbons (Fsp3) is 0.462. The van der Waals surface area contributed by atoms with Gasteiger partial charge in [0.25, 0.3) is 0 Å². The van der Waals surface area contributed by atoms with Gasteiger partial charge >= 0.3 is 0 Å². The SMILES string of the molecule is CC[C@@H](C)NC(=O)[C@@H](CC)N(Cc1ccccc1)C(=O)CN(c1ccc2c(c1)OCCO2)S(C)(=O)=O. The molecule has 2 aromatic carbocycles. The van der Waals surface area contributed by atoms with Gasteiger partial charge in [-0.2, -0.15) is 0 Å². The molecule has 10 heteroatoms. The molecule has 0 bridgehead atoms. The Kier molecular flexibility index (Phi) is 9.19. The van der Waals surface area contributed by atoms with Crippen LogP contribution in [-0.4, -0.2) is 63.2 Å². The molecule has 1 heterocycles. The quantitative estimate of drug-likeness (QED) is 0.491. The Morgan fingerprint density at radius 2 is 1.67 bits per heavy atom. The number of amides is 2. The summed E-state index contributed by atoms with van der Waals surface area (Å²) in [6.45, 7) is 6.18. The van der Waals surface area contributed by atoms with Crippen molar-refractivity contribution < 1.29 is 27.5 Å². The lowest BCUT2D eigenvalue weighted by Gasteiger charge is -2.33. The lowest BCUT2D eigenvalue weighted by Crippen LogP contribution is -2.53. The molecule has 0 saturated carbocycles. The number of ether oxygens (including phenoxy) is 2. The first-order valence-corrected chi connectivity index (χ1v) is 14.0. The maximum Gasteiger partial charge on any atom is 0.244 e. The fourth-order valence-corrected chi connectivity index (χ4v) is 4.78. The molecule has 1 N–H and O–H groups in total. The van der Waals surface area contributed by atoms with Crippen LogP contribution in [0.15, 0.2) is 48.5 Å². The van der Waals surface area contributed by atoms with Gasteiger partial charge in [0.1, 0.15) is 25.8 Å². The third kappa shape index (κ3) is 6.90. The van der Waals surface area contributed by atoms with E-state index in [1.165, 1.54) is 4.90 Å². The largest absolute Gasteiger partial charge is 0.486 e. The average molecular weight is 518 g/mol. The number of nitrogens with zero attached hydrogens (tertiary/aromatic N) is 2. The zero-order valence-electron chi connectivity index (χ0n) is 21.3. The number of carbonyl (C=O) groups is 2. The van der Waals surface area contributed by atoms with Crippen LogP contribution in [0.3, 0.4) is 0 Å². The van der Waals surface area contributed by atoms with Crippen molar-refractivity contribution in [1.29, 1.82) is 0 Å². The van der Waals surface area contributed by atoms with Crippen molar-refractivity contribution in [2.75, 3.05) is 30.3 Å². The van der Waals surface area contributed by atoms with Gasteiger partial charge in [-0.1, -0.05) is 44.2 Å². The van der Waals surface area contributed by atoms with E-state index < -0.39 is 28.5 Å². The van der Waals surface area contributed by atoms with Gasteiger partial charge in [-0.05, 0) is 37.5 Å². The Balaban J connectivity index is 1.93. The molecule has 0 aromatic heterocycles. The third-order valence-corrected chi connectivity index (χ3v) is 7.22. The number of rotatable bonds is 11. The van der Waals surface area contributed by atoms with Crippen LogP contribution in [-0.2, 0) is 26.2 Å². The number of carbonyl (C=O) groups excluding carboxylic acids is 2. The second-order valence-corrected chi connectivity index (χ2v) is 10.8. The molecule has 196 valence electrons. The first-order valence-electron chi connectivity index (χ1n) is 12.1. The van der Waals surface area contributed by atoms with E-state index in [-0.39, 0.29) is 24.2 Å². The summed E-state index contributed by atoms with van der Waals surface area (Å²) in [7, 11) is -3.83. The predicted molar refractivity (Wildman–Crippen MR) is 139 cm³/mol. The smallest absolute Gasteiger partial charge is 0.244 e. The Morgan fingerprint density at radius 1 is 1.00 bits per heavy atom. The van der Waals surface area contributed by atoms with E-state index in [0.717, 1.165) is 22.5 Å². The highest BCUT2D eigenvalue weighted by Gasteiger charge is 2.32. The van der Waals surface area contributed by atoms with Crippen molar-refractivity contribution in [2.24, 2.45) is 0 Å². The van der Waals surface area contributed by atoms with E-state index in [4.69, 9.17) is 9.47 Å². The summed E-state index contributed by atoms with van der Waals surface area (Å²) in [5.41, 5.74) is 1.12. The van der Waals surface area contributed by atoms with Gasteiger partial charge in [-0.25, -0.2) is 8.42 Å². The van der Waals surface area contributed by atoms with Gasteiger partial charge < -0.3 is 19.7 Å². The number of hydrogen-bond acceptors (Lipinski definition) is 6. The summed E-state index contributed by atoms with van der Waals surface area (Å²) in [5, 5.41) is 2.96. The van der Waals surface area contributed by atoms with Gasteiger partial charge in [0.2, 0.25) is 21.8 Å². The first kappa shape index (κ1) is 27.3. The van der Waals surface area contributed by atoms with Crippen molar-refractivity contribution in [2.45, 2.75) is 52.2 Å². The standard InChI is InChI=1S/C26H35N3O6S/c1-5-19(3)27-26(31)22(6-2)28(17-20-10-8-7-9-11-20)25(30)18-29(36(4,32)33)21-12-13-23-24(16-21)35-15-14-34-23/h7-13,16,19,22H,5-6,14-15,17-18H2,1-4H3,(H,27,31)/t19-,22-/m1/s1. The normalized spacial score (nSPS) is 14.4. The molecule has 2 aromatic rings. The van der Waals surface area contributed by atoms with E-state index >= 15 is 0 Å². The lowest BCUT2D eigenvalue weighted by atomic mass is 10.1. The topological polar surface area (TPSA) is 105 Å². The molecule has 2 amide bonds. The molecule has 0 unspecified atom stereocenters. The van der Waals surface area contributed by atoms with Crippen molar-refractivity contribution in [3.8, 4) is 11.5 Å². The zero-order valence-corrected chi connectivity index (χ0v) is 22.1. The Hall–Kier alpha value is -3.27. The average Bonchev–Trinajstić information content (AvgIpc) is 2.86. The summed E-state index contributed by atoms with van der Waals surface area (Å²) < 4.78 is 37.7. The van der Waals surface area contributed by atoms with Gasteiger partial charge in [0.05, 0.1) is 11.9 Å². The van der Waals surface area contributed by atoms with Crippen LogP contribution in [0.25, 0.3) is 0 Å². The van der Waals surface area contributed by atoms with Crippen molar-refractivity contribution in [1.82, 2.24) is 10.2 Å². The third-order valence-electron chi connectivity index (χ3n) is 6.08. The summed E-state index contributed by atoms with van der Waals surface area (Å²) in [5.74, 6) is 0.190. The number of sulfonamides is 1. The minimum Gasteiger partial charge on any atom is -0.486 e. The number of anilines is 1. The highest BCUT2D eigenvalue weighted by Crippen LogP contribution is 2.34. The van der Waals surface area contributed by atoms with Crippen LogP contribution in [0.2, 0.25) is 0 Å². The zero-order chi connectivity index (χ0) is 26.3. The van der Waals surface area contributed by atoms with Gasteiger partial charge in [-0.15, -0.1) is 0 Å². The summed E-state index contributed by atoms with van der Waals surface area (Å²) >= 11 is 0. The van der Waals surface area contributed by atoms with Crippen molar-refractivity contribution in [3.63, 3.8) is 0 Å². The number of nitrogens with one attached hydrogen (secondary N) is 1. The van der Waals surface area contributed by atoms with Crippen LogP contribution in [0, 0.1) is 0 Å². The molecule has 2 atom stereocenters. The van der Waals surface area contributed by atoms with Crippen molar-refractivity contribution in [3.05, 3.63) is 54.1 Å². The van der Waals surface area contributed by atoms with E-state index in [1.54, 1.807) is 18.2 Å². The van der Waals surface area contributed by atoms with Crippen LogP contribution >= 0.6 is 0 Å². The van der Waals surface area contributed by atoms with Gasteiger partial charge in [0.15, 0.2) is 11.5 Å². The minimum absolute atomic E-state index is 0.0505. The molecule has 3 rings (SSSR count). The van der Waals surface area contributed by atoms with Crippen LogP contribution in [0.5, 0.6) is 11.5 Å². The van der Waals surface area contributed by atoms with E-state index in [1.807, 2.05) is 51.1 Å². The molecule has 0 aliphatic carbocycles. The second-order valence-electron chi connectivity index (χ2n) is 8.85. The summed E-state index contributed by atoms with van der Waals surface area (Å²) in [6, 6.07) is 13.3. The number of benzene rings is 2. The predicted octanol–water partition coefficient (Wildman–Crippen LogP) is 2.95.